The highest BCUT2D eigenvalue weighted by molar-refractivity contribution is 5.28. The van der Waals surface area contributed by atoms with Gasteiger partial charge >= 0.3 is 0 Å². The summed E-state index contributed by atoms with van der Waals surface area (Å²) in [4.78, 5) is 0. The Labute approximate surface area is 102 Å². The molecule has 0 aliphatic carbocycles. The van der Waals surface area contributed by atoms with Crippen LogP contribution in [0.5, 0.6) is 11.5 Å². The van der Waals surface area contributed by atoms with Gasteiger partial charge in [0.2, 0.25) is 6.79 Å². The molecule has 2 aromatic rings. The van der Waals surface area contributed by atoms with E-state index in [1.807, 2.05) is 62.4 Å². The molecule has 0 aliphatic rings. The van der Waals surface area contributed by atoms with Crippen LogP contribution in [-0.2, 0) is 0 Å². The molecule has 0 aromatic heterocycles. The molecule has 2 aromatic carbocycles. The molecule has 17 heavy (non-hydrogen) atoms. The molecule has 2 heteroatoms. The van der Waals surface area contributed by atoms with Gasteiger partial charge in [-0.1, -0.05) is 29.8 Å². The van der Waals surface area contributed by atoms with Crippen molar-refractivity contribution >= 4 is 0 Å². The summed E-state index contributed by atoms with van der Waals surface area (Å²) < 4.78 is 11.0. The lowest BCUT2D eigenvalue weighted by molar-refractivity contribution is 0.120. The second kappa shape index (κ2) is 5.39. The Bertz CT molecular complexity index is 475. The lowest BCUT2D eigenvalue weighted by atomic mass is 10.2. The minimum absolute atomic E-state index is 0.229. The molecule has 0 heterocycles. The highest BCUT2D eigenvalue weighted by Gasteiger charge is 1.95. The minimum Gasteiger partial charge on any atom is -0.458 e. The standard InChI is InChI=1S/C15H16O2/c1-12-6-8-14(9-7-12)16-11-17-15-5-3-4-13(2)10-15/h3-10H,11H2,1-2H3. The molecular weight excluding hydrogens is 212 g/mol. The van der Waals surface area contributed by atoms with Crippen LogP contribution in [0.25, 0.3) is 0 Å². The second-order valence-electron chi connectivity index (χ2n) is 4.04. The van der Waals surface area contributed by atoms with E-state index < -0.39 is 0 Å². The number of hydrogen-bond donors (Lipinski definition) is 0. The molecule has 2 nitrogen and oxygen atoms in total. The van der Waals surface area contributed by atoms with E-state index in [0.29, 0.717) is 0 Å². The van der Waals surface area contributed by atoms with Gasteiger partial charge in [0.15, 0.2) is 0 Å². The van der Waals surface area contributed by atoms with Crippen molar-refractivity contribution in [2.75, 3.05) is 6.79 Å². The first-order valence-corrected chi connectivity index (χ1v) is 5.63. The summed E-state index contributed by atoms with van der Waals surface area (Å²) in [5.74, 6) is 1.65. The van der Waals surface area contributed by atoms with E-state index >= 15 is 0 Å². The van der Waals surface area contributed by atoms with Gasteiger partial charge in [-0.3, -0.25) is 0 Å². The van der Waals surface area contributed by atoms with Crippen molar-refractivity contribution in [1.29, 1.82) is 0 Å². The minimum atomic E-state index is 0.229. The van der Waals surface area contributed by atoms with Crippen molar-refractivity contribution in [3.63, 3.8) is 0 Å². The molecular formula is C15H16O2. The van der Waals surface area contributed by atoms with Gasteiger partial charge in [-0.05, 0) is 43.7 Å². The van der Waals surface area contributed by atoms with Crippen LogP contribution in [-0.4, -0.2) is 6.79 Å². The number of hydrogen-bond acceptors (Lipinski definition) is 2. The highest BCUT2D eigenvalue weighted by atomic mass is 16.7. The van der Waals surface area contributed by atoms with Crippen LogP contribution < -0.4 is 9.47 Å². The summed E-state index contributed by atoms with van der Waals surface area (Å²) in [6.07, 6.45) is 0. The maximum Gasteiger partial charge on any atom is 0.230 e. The van der Waals surface area contributed by atoms with Gasteiger partial charge in [0, 0.05) is 0 Å². The van der Waals surface area contributed by atoms with Crippen LogP contribution in [0.1, 0.15) is 11.1 Å². The maximum atomic E-state index is 5.50. The Hall–Kier alpha value is -1.96. The van der Waals surface area contributed by atoms with E-state index in [1.165, 1.54) is 11.1 Å². The fourth-order valence-electron chi connectivity index (χ4n) is 1.51. The molecule has 0 spiro atoms. The van der Waals surface area contributed by atoms with Gasteiger partial charge in [0.05, 0.1) is 0 Å². The molecule has 0 unspecified atom stereocenters. The predicted octanol–water partition coefficient (Wildman–Crippen LogP) is 3.72. The van der Waals surface area contributed by atoms with Crippen molar-refractivity contribution < 1.29 is 9.47 Å². The Balaban J connectivity index is 1.85. The quantitative estimate of drug-likeness (QED) is 0.742. The van der Waals surface area contributed by atoms with Crippen LogP contribution in [0.3, 0.4) is 0 Å². The van der Waals surface area contributed by atoms with Gasteiger partial charge < -0.3 is 9.47 Å². The Kier molecular flexibility index (Phi) is 3.66. The first-order chi connectivity index (χ1) is 8.24. The predicted molar refractivity (Wildman–Crippen MR) is 68.5 cm³/mol. The normalized spacial score (nSPS) is 10.0. The fraction of sp³-hybridized carbons (Fsp3) is 0.200. The van der Waals surface area contributed by atoms with E-state index in [0.717, 1.165) is 11.5 Å². The lowest BCUT2D eigenvalue weighted by Gasteiger charge is -2.09. The molecule has 88 valence electrons. The lowest BCUT2D eigenvalue weighted by Crippen LogP contribution is -2.05. The first-order valence-electron chi connectivity index (χ1n) is 5.63. The molecule has 0 fully saturated rings. The Morgan fingerprint density at radius 3 is 2.18 bits per heavy atom. The van der Waals surface area contributed by atoms with Gasteiger partial charge in [-0.25, -0.2) is 0 Å². The van der Waals surface area contributed by atoms with E-state index in [4.69, 9.17) is 9.47 Å². The Morgan fingerprint density at radius 1 is 0.765 bits per heavy atom. The first kappa shape index (κ1) is 11.5. The SMILES string of the molecule is Cc1ccc(OCOc2cccc(C)c2)cc1. The maximum absolute atomic E-state index is 5.50. The number of ether oxygens (including phenoxy) is 2. The number of aryl methyl sites for hydroxylation is 2. The molecule has 0 N–H and O–H groups in total. The third kappa shape index (κ3) is 3.52. The van der Waals surface area contributed by atoms with Crippen LogP contribution in [0.2, 0.25) is 0 Å². The third-order valence-electron chi connectivity index (χ3n) is 2.46. The monoisotopic (exact) mass is 228 g/mol. The van der Waals surface area contributed by atoms with Gasteiger partial charge in [0.1, 0.15) is 11.5 Å². The number of benzene rings is 2. The smallest absolute Gasteiger partial charge is 0.230 e. The molecule has 0 amide bonds. The summed E-state index contributed by atoms with van der Waals surface area (Å²) in [7, 11) is 0. The molecule has 0 bridgehead atoms. The molecule has 0 atom stereocenters. The van der Waals surface area contributed by atoms with Gasteiger partial charge in [-0.15, -0.1) is 0 Å². The van der Waals surface area contributed by atoms with E-state index in [1.54, 1.807) is 0 Å². The van der Waals surface area contributed by atoms with Crippen molar-refractivity contribution in [2.45, 2.75) is 13.8 Å². The van der Waals surface area contributed by atoms with E-state index in [-0.39, 0.29) is 6.79 Å². The highest BCUT2D eigenvalue weighted by Crippen LogP contribution is 2.14. The Morgan fingerprint density at radius 2 is 1.47 bits per heavy atom. The summed E-state index contributed by atoms with van der Waals surface area (Å²) in [6.45, 7) is 4.31. The van der Waals surface area contributed by atoms with Crippen LogP contribution in [0.4, 0.5) is 0 Å². The van der Waals surface area contributed by atoms with Gasteiger partial charge in [0.25, 0.3) is 0 Å². The molecule has 0 saturated heterocycles. The molecule has 0 aliphatic heterocycles. The van der Waals surface area contributed by atoms with E-state index in [9.17, 15) is 0 Å². The summed E-state index contributed by atoms with van der Waals surface area (Å²) in [5.41, 5.74) is 2.40. The average molecular weight is 228 g/mol. The van der Waals surface area contributed by atoms with Crippen LogP contribution >= 0.6 is 0 Å². The zero-order valence-electron chi connectivity index (χ0n) is 10.1. The second-order valence-corrected chi connectivity index (χ2v) is 4.04. The van der Waals surface area contributed by atoms with Crippen molar-refractivity contribution in [1.82, 2.24) is 0 Å². The number of rotatable bonds is 4. The summed E-state index contributed by atoms with van der Waals surface area (Å²) in [5, 5.41) is 0. The van der Waals surface area contributed by atoms with Crippen molar-refractivity contribution in [2.24, 2.45) is 0 Å². The molecule has 2 rings (SSSR count). The largest absolute Gasteiger partial charge is 0.458 e. The zero-order valence-corrected chi connectivity index (χ0v) is 10.1. The summed E-state index contributed by atoms with van der Waals surface area (Å²) >= 11 is 0. The topological polar surface area (TPSA) is 18.5 Å². The average Bonchev–Trinajstić information content (AvgIpc) is 2.32. The molecule has 0 saturated carbocycles. The van der Waals surface area contributed by atoms with Crippen LogP contribution in [0.15, 0.2) is 48.5 Å². The van der Waals surface area contributed by atoms with Crippen LogP contribution in [0, 0.1) is 13.8 Å². The van der Waals surface area contributed by atoms with E-state index in [2.05, 4.69) is 0 Å². The fourth-order valence-corrected chi connectivity index (χ4v) is 1.51. The van der Waals surface area contributed by atoms with Gasteiger partial charge in [-0.2, -0.15) is 0 Å². The third-order valence-corrected chi connectivity index (χ3v) is 2.46. The molecule has 0 radical (unpaired) electrons. The van der Waals surface area contributed by atoms with Crippen molar-refractivity contribution in [3.05, 3.63) is 59.7 Å². The van der Waals surface area contributed by atoms with Crippen molar-refractivity contribution in [3.8, 4) is 11.5 Å². The zero-order chi connectivity index (χ0) is 12.1. The summed E-state index contributed by atoms with van der Waals surface area (Å²) in [6, 6.07) is 15.8.